The topological polar surface area (TPSA) is 41.8 Å². The summed E-state index contributed by atoms with van der Waals surface area (Å²) in [5, 5.41) is 13.0. The molecule has 0 heterocycles. The highest BCUT2D eigenvalue weighted by molar-refractivity contribution is 6.42. The van der Waals surface area contributed by atoms with E-state index in [9.17, 15) is 0 Å². The van der Waals surface area contributed by atoms with Crippen LogP contribution in [0.3, 0.4) is 0 Å². The Labute approximate surface area is 127 Å². The maximum atomic E-state index is 8.87. The summed E-state index contributed by atoms with van der Waals surface area (Å²) in [5.41, 5.74) is 2.01. The zero-order valence-electron chi connectivity index (χ0n) is 10.8. The average Bonchev–Trinajstić information content (AvgIpc) is 2.48. The molecular formula is C15H13Cl2NO2. The molecule has 2 rings (SSSR count). The summed E-state index contributed by atoms with van der Waals surface area (Å²) in [6.45, 7) is 1.99. The first-order valence-electron chi connectivity index (χ1n) is 5.97. The predicted molar refractivity (Wildman–Crippen MR) is 81.2 cm³/mol. The van der Waals surface area contributed by atoms with E-state index in [-0.39, 0.29) is 6.61 Å². The van der Waals surface area contributed by atoms with E-state index in [1.165, 1.54) is 0 Å². The number of oxime groups is 1. The van der Waals surface area contributed by atoms with Crippen molar-refractivity contribution in [3.05, 3.63) is 63.6 Å². The molecule has 104 valence electrons. The lowest BCUT2D eigenvalue weighted by Gasteiger charge is -2.12. The Balaban J connectivity index is 2.21. The second kappa shape index (κ2) is 6.64. The Morgan fingerprint density at radius 1 is 1.15 bits per heavy atom. The third kappa shape index (κ3) is 3.24. The molecule has 1 N–H and O–H groups in total. The number of hydrogen-bond donors (Lipinski definition) is 1. The van der Waals surface area contributed by atoms with E-state index < -0.39 is 0 Å². The third-order valence-corrected chi connectivity index (χ3v) is 3.70. The number of nitrogens with zero attached hydrogens (tertiary/aromatic N) is 1. The molecule has 0 bridgehead atoms. The molecule has 0 amide bonds. The molecule has 0 spiro atoms. The molecule has 3 nitrogen and oxygen atoms in total. The van der Waals surface area contributed by atoms with Crippen molar-refractivity contribution in [1.82, 2.24) is 0 Å². The van der Waals surface area contributed by atoms with Gasteiger partial charge in [0, 0.05) is 11.1 Å². The molecule has 0 saturated carbocycles. The monoisotopic (exact) mass is 309 g/mol. The number of para-hydroxylation sites is 1. The molecule has 0 aromatic heterocycles. The number of rotatable bonds is 4. The van der Waals surface area contributed by atoms with Crippen molar-refractivity contribution < 1.29 is 9.94 Å². The van der Waals surface area contributed by atoms with Gasteiger partial charge in [0.1, 0.15) is 12.4 Å². The fourth-order valence-electron chi connectivity index (χ4n) is 1.76. The zero-order chi connectivity index (χ0) is 14.5. The number of hydrogen-bond acceptors (Lipinski definition) is 3. The number of ether oxygens (including phenoxy) is 1. The van der Waals surface area contributed by atoms with Gasteiger partial charge in [0.05, 0.1) is 15.8 Å². The van der Waals surface area contributed by atoms with Gasteiger partial charge in [-0.3, -0.25) is 0 Å². The van der Waals surface area contributed by atoms with Gasteiger partial charge in [-0.25, -0.2) is 0 Å². The minimum absolute atomic E-state index is 0.287. The quantitative estimate of drug-likeness (QED) is 0.502. The molecule has 0 radical (unpaired) electrons. The minimum Gasteiger partial charge on any atom is -0.488 e. The molecule has 5 heteroatoms. The van der Waals surface area contributed by atoms with Gasteiger partial charge in [-0.2, -0.15) is 0 Å². The first-order valence-corrected chi connectivity index (χ1v) is 6.73. The van der Waals surface area contributed by atoms with Gasteiger partial charge in [0.15, 0.2) is 0 Å². The highest BCUT2D eigenvalue weighted by Gasteiger charge is 2.09. The van der Waals surface area contributed by atoms with Crippen LogP contribution in [0.15, 0.2) is 47.6 Å². The summed E-state index contributed by atoms with van der Waals surface area (Å²) in [6.07, 6.45) is 0. The van der Waals surface area contributed by atoms with Gasteiger partial charge in [-0.1, -0.05) is 52.6 Å². The Morgan fingerprint density at radius 3 is 2.65 bits per heavy atom. The third-order valence-electron chi connectivity index (χ3n) is 2.84. The van der Waals surface area contributed by atoms with Crippen LogP contribution in [0.1, 0.15) is 18.1 Å². The molecule has 2 aromatic rings. The van der Waals surface area contributed by atoms with Crippen LogP contribution in [0.2, 0.25) is 10.0 Å². The SMILES string of the molecule is C/C(=N/O)c1ccccc1OCc1cccc(Cl)c1Cl. The molecule has 0 saturated heterocycles. The fourth-order valence-corrected chi connectivity index (χ4v) is 2.14. The zero-order valence-corrected chi connectivity index (χ0v) is 12.3. The summed E-state index contributed by atoms with van der Waals surface area (Å²) in [4.78, 5) is 0. The van der Waals surface area contributed by atoms with Crippen molar-refractivity contribution in [2.45, 2.75) is 13.5 Å². The normalized spacial score (nSPS) is 11.4. The standard InChI is InChI=1S/C15H13Cl2NO2/c1-10(18-19)12-6-2-3-8-14(12)20-9-11-5-4-7-13(16)15(11)17/h2-8,19H,9H2,1H3/b18-10-. The van der Waals surface area contributed by atoms with E-state index in [1.807, 2.05) is 36.4 Å². The number of benzene rings is 2. The van der Waals surface area contributed by atoms with Crippen LogP contribution >= 0.6 is 23.2 Å². The Hall–Kier alpha value is -1.71. The van der Waals surface area contributed by atoms with E-state index in [0.29, 0.717) is 21.5 Å². The second-order valence-corrected chi connectivity index (χ2v) is 4.97. The van der Waals surface area contributed by atoms with Crippen molar-refractivity contribution in [1.29, 1.82) is 0 Å². The summed E-state index contributed by atoms with van der Waals surface area (Å²) < 4.78 is 5.75. The molecule has 0 aliphatic carbocycles. The molecule has 0 fully saturated rings. The summed E-state index contributed by atoms with van der Waals surface area (Å²) in [7, 11) is 0. The Kier molecular flexibility index (Phi) is 4.88. The van der Waals surface area contributed by atoms with Crippen molar-refractivity contribution in [3.63, 3.8) is 0 Å². The van der Waals surface area contributed by atoms with E-state index >= 15 is 0 Å². The first kappa shape index (κ1) is 14.7. The predicted octanol–water partition coefficient (Wildman–Crippen LogP) is 4.77. The van der Waals surface area contributed by atoms with Crippen molar-refractivity contribution in [3.8, 4) is 5.75 Å². The second-order valence-electron chi connectivity index (χ2n) is 4.18. The van der Waals surface area contributed by atoms with Gasteiger partial charge in [0.25, 0.3) is 0 Å². The molecule has 0 atom stereocenters. The Bertz CT molecular complexity index is 642. The van der Waals surface area contributed by atoms with Crippen molar-refractivity contribution >= 4 is 28.9 Å². The summed E-state index contributed by atoms with van der Waals surface area (Å²) in [6, 6.07) is 12.7. The lowest BCUT2D eigenvalue weighted by atomic mass is 10.1. The van der Waals surface area contributed by atoms with Crippen LogP contribution in [-0.4, -0.2) is 10.9 Å². The average molecular weight is 310 g/mol. The largest absolute Gasteiger partial charge is 0.488 e. The maximum Gasteiger partial charge on any atom is 0.128 e. The van der Waals surface area contributed by atoms with Crippen molar-refractivity contribution in [2.24, 2.45) is 5.16 Å². The Morgan fingerprint density at radius 2 is 1.90 bits per heavy atom. The van der Waals surface area contributed by atoms with Gasteiger partial charge >= 0.3 is 0 Å². The summed E-state index contributed by atoms with van der Waals surface area (Å²) in [5.74, 6) is 0.624. The van der Waals surface area contributed by atoms with Crippen LogP contribution in [0.5, 0.6) is 5.75 Å². The van der Waals surface area contributed by atoms with Crippen molar-refractivity contribution in [2.75, 3.05) is 0 Å². The van der Waals surface area contributed by atoms with E-state index in [2.05, 4.69) is 5.16 Å². The minimum atomic E-state index is 0.287. The smallest absolute Gasteiger partial charge is 0.128 e. The van der Waals surface area contributed by atoms with E-state index in [1.54, 1.807) is 13.0 Å². The van der Waals surface area contributed by atoms with E-state index in [0.717, 1.165) is 11.1 Å². The molecule has 0 aliphatic heterocycles. The lowest BCUT2D eigenvalue weighted by Crippen LogP contribution is -2.02. The van der Waals surface area contributed by atoms with Gasteiger partial charge < -0.3 is 9.94 Å². The molecule has 0 unspecified atom stereocenters. The van der Waals surface area contributed by atoms with Crippen LogP contribution < -0.4 is 4.74 Å². The van der Waals surface area contributed by atoms with Crippen LogP contribution in [-0.2, 0) is 6.61 Å². The fraction of sp³-hybridized carbons (Fsp3) is 0.133. The van der Waals surface area contributed by atoms with E-state index in [4.69, 9.17) is 33.1 Å². The molecule has 20 heavy (non-hydrogen) atoms. The molecular weight excluding hydrogens is 297 g/mol. The summed E-state index contributed by atoms with van der Waals surface area (Å²) >= 11 is 12.1. The first-order chi connectivity index (χ1) is 9.63. The van der Waals surface area contributed by atoms with Gasteiger partial charge in [-0.15, -0.1) is 0 Å². The van der Waals surface area contributed by atoms with Crippen LogP contribution in [0.25, 0.3) is 0 Å². The number of halogens is 2. The highest BCUT2D eigenvalue weighted by Crippen LogP contribution is 2.27. The molecule has 2 aromatic carbocycles. The highest BCUT2D eigenvalue weighted by atomic mass is 35.5. The van der Waals surface area contributed by atoms with Gasteiger partial charge in [0.2, 0.25) is 0 Å². The lowest BCUT2D eigenvalue weighted by molar-refractivity contribution is 0.303. The van der Waals surface area contributed by atoms with Crippen LogP contribution in [0, 0.1) is 0 Å². The maximum absolute atomic E-state index is 8.87. The molecule has 0 aliphatic rings. The van der Waals surface area contributed by atoms with Gasteiger partial charge in [-0.05, 0) is 25.1 Å². The van der Waals surface area contributed by atoms with Crippen LogP contribution in [0.4, 0.5) is 0 Å².